The van der Waals surface area contributed by atoms with Crippen molar-refractivity contribution in [3.05, 3.63) is 107 Å². The minimum Gasteiger partial charge on any atom is -0.444 e. The van der Waals surface area contributed by atoms with E-state index in [0.717, 1.165) is 21.7 Å². The van der Waals surface area contributed by atoms with Crippen LogP contribution in [0.1, 0.15) is 43.6 Å². The number of carbonyl (C=O) groups excluding carboxylic acids is 2. The first-order chi connectivity index (χ1) is 20.1. The molecule has 220 valence electrons. The molecule has 4 aromatic rings. The van der Waals surface area contributed by atoms with Gasteiger partial charge in [-0.25, -0.2) is 18.2 Å². The van der Waals surface area contributed by atoms with E-state index < -0.39 is 34.7 Å². The molecule has 1 aromatic heterocycles. The maximum atomic E-state index is 13.8. The number of hydrogen-bond donors (Lipinski definition) is 4. The Morgan fingerprint density at radius 3 is 2.10 bits per heavy atom. The van der Waals surface area contributed by atoms with Crippen molar-refractivity contribution in [1.82, 2.24) is 15.6 Å². The first-order valence-corrected chi connectivity index (χ1v) is 15.5. The Morgan fingerprint density at radius 2 is 1.48 bits per heavy atom. The van der Waals surface area contributed by atoms with Gasteiger partial charge in [-0.1, -0.05) is 72.8 Å². The minimum absolute atomic E-state index is 0.263. The number of ether oxygens (including phenoxy) is 1. The SMILES string of the molecule is CC(C)(C)OC(=O)N[C@@H](Cc1ccccc1)C(=O)N[C@@H](Cc1ccc(N[SH](=O)=O)cc1)c1csc(-c2ccccc2)n1. The molecule has 0 aliphatic rings. The molecule has 0 unspecified atom stereocenters. The van der Waals surface area contributed by atoms with Crippen LogP contribution in [0.3, 0.4) is 0 Å². The number of thiazole rings is 1. The summed E-state index contributed by atoms with van der Waals surface area (Å²) in [6.07, 6.45) is -0.0357. The van der Waals surface area contributed by atoms with Crippen LogP contribution >= 0.6 is 11.3 Å². The molecule has 9 nitrogen and oxygen atoms in total. The van der Waals surface area contributed by atoms with E-state index in [-0.39, 0.29) is 12.3 Å². The second-order valence-electron chi connectivity index (χ2n) is 10.7. The number of amides is 2. The molecule has 0 radical (unpaired) electrons. The zero-order valence-corrected chi connectivity index (χ0v) is 25.3. The van der Waals surface area contributed by atoms with Crippen LogP contribution in [0, 0.1) is 0 Å². The van der Waals surface area contributed by atoms with E-state index in [0.29, 0.717) is 17.8 Å². The molecular weight excluding hydrogens is 572 g/mol. The Hall–Kier alpha value is -4.22. The van der Waals surface area contributed by atoms with E-state index in [2.05, 4.69) is 15.4 Å². The number of hydrogen-bond acceptors (Lipinski definition) is 7. The van der Waals surface area contributed by atoms with Gasteiger partial charge in [-0.2, -0.15) is 0 Å². The Bertz CT molecular complexity index is 1540. The van der Waals surface area contributed by atoms with Crippen molar-refractivity contribution in [3.8, 4) is 10.6 Å². The van der Waals surface area contributed by atoms with Crippen LogP contribution in [-0.2, 0) is 33.3 Å². The summed E-state index contributed by atoms with van der Waals surface area (Å²) in [5, 5.41) is 8.58. The van der Waals surface area contributed by atoms with Gasteiger partial charge in [0.15, 0.2) is 0 Å². The zero-order chi connectivity index (χ0) is 30.1. The third-order valence-electron chi connectivity index (χ3n) is 6.12. The van der Waals surface area contributed by atoms with Gasteiger partial charge in [-0.15, -0.1) is 11.3 Å². The molecule has 0 saturated heterocycles. The smallest absolute Gasteiger partial charge is 0.408 e. The predicted molar refractivity (Wildman–Crippen MR) is 166 cm³/mol. The summed E-state index contributed by atoms with van der Waals surface area (Å²) in [7, 11) is -2.78. The Kier molecular flexibility index (Phi) is 10.3. The zero-order valence-electron chi connectivity index (χ0n) is 23.6. The van der Waals surface area contributed by atoms with Crippen LogP contribution in [0.4, 0.5) is 10.5 Å². The number of nitrogens with zero attached hydrogens (tertiary/aromatic N) is 1. The number of benzene rings is 3. The highest BCUT2D eigenvalue weighted by Crippen LogP contribution is 2.28. The fraction of sp³-hybridized carbons (Fsp3) is 0.258. The van der Waals surface area contributed by atoms with Gasteiger partial charge >= 0.3 is 6.09 Å². The number of carbonyl (C=O) groups is 2. The molecule has 0 fully saturated rings. The number of anilines is 1. The predicted octanol–water partition coefficient (Wildman–Crippen LogP) is 5.28. The lowest BCUT2D eigenvalue weighted by molar-refractivity contribution is -0.124. The van der Waals surface area contributed by atoms with Crippen LogP contribution in [-0.4, -0.2) is 37.0 Å². The topological polar surface area (TPSA) is 126 Å². The lowest BCUT2D eigenvalue weighted by Gasteiger charge is -2.25. The second kappa shape index (κ2) is 14.1. The average molecular weight is 607 g/mol. The van der Waals surface area contributed by atoms with E-state index >= 15 is 0 Å². The number of alkyl carbamates (subject to hydrolysis) is 1. The van der Waals surface area contributed by atoms with Crippen molar-refractivity contribution in [2.45, 2.75) is 51.3 Å². The molecule has 42 heavy (non-hydrogen) atoms. The third kappa shape index (κ3) is 9.42. The molecule has 3 aromatic carbocycles. The molecule has 3 N–H and O–H groups in total. The fourth-order valence-electron chi connectivity index (χ4n) is 4.23. The highest BCUT2D eigenvalue weighted by atomic mass is 32.2. The van der Waals surface area contributed by atoms with Crippen molar-refractivity contribution >= 4 is 39.9 Å². The van der Waals surface area contributed by atoms with Crippen LogP contribution in [0.5, 0.6) is 0 Å². The van der Waals surface area contributed by atoms with E-state index in [1.54, 1.807) is 45.0 Å². The van der Waals surface area contributed by atoms with Gasteiger partial charge in [-0.05, 0) is 50.5 Å². The third-order valence-corrected chi connectivity index (χ3v) is 7.47. The first-order valence-electron chi connectivity index (χ1n) is 13.4. The minimum atomic E-state index is -2.78. The summed E-state index contributed by atoms with van der Waals surface area (Å²) in [6, 6.07) is 24.7. The van der Waals surface area contributed by atoms with E-state index in [1.165, 1.54) is 11.3 Å². The molecule has 0 saturated carbocycles. The second-order valence-corrected chi connectivity index (χ2v) is 12.3. The monoisotopic (exact) mass is 606 g/mol. The van der Waals surface area contributed by atoms with Gasteiger partial charge in [-0.3, -0.25) is 9.52 Å². The van der Waals surface area contributed by atoms with Crippen LogP contribution in [0.15, 0.2) is 90.3 Å². The maximum absolute atomic E-state index is 13.8. The molecule has 2 amide bonds. The van der Waals surface area contributed by atoms with Crippen molar-refractivity contribution in [3.63, 3.8) is 0 Å². The largest absolute Gasteiger partial charge is 0.444 e. The molecular formula is C31H34N4O5S2. The lowest BCUT2D eigenvalue weighted by Crippen LogP contribution is -2.50. The van der Waals surface area contributed by atoms with Crippen LogP contribution < -0.4 is 15.4 Å². The van der Waals surface area contributed by atoms with Crippen molar-refractivity contribution in [2.75, 3.05) is 4.72 Å². The highest BCUT2D eigenvalue weighted by molar-refractivity contribution is 7.73. The summed E-state index contributed by atoms with van der Waals surface area (Å²) < 4.78 is 29.9. The molecule has 0 spiro atoms. The van der Waals surface area contributed by atoms with E-state index in [9.17, 15) is 18.0 Å². The normalized spacial score (nSPS) is 12.8. The van der Waals surface area contributed by atoms with Gasteiger partial charge < -0.3 is 15.4 Å². The summed E-state index contributed by atoms with van der Waals surface area (Å²) in [5.41, 5.74) is 3.10. The number of rotatable bonds is 11. The highest BCUT2D eigenvalue weighted by Gasteiger charge is 2.28. The standard InChI is InChI=1S/C31H34N4O5S2/c1-31(2,3)40-30(37)34-26(19-21-10-6-4-7-11-21)28(36)32-25(18-22-14-16-24(17-15-22)35-42(38)39)27-20-41-29(33-27)23-12-8-5-9-13-23/h4-17,20,25-26,42H,18-19H2,1-3H3,(H,32,36)(H,34,37)(H,35,38,39)/t25-,26-/m0/s1. The summed E-state index contributed by atoms with van der Waals surface area (Å²) in [6.45, 7) is 5.28. The van der Waals surface area contributed by atoms with Crippen molar-refractivity contribution in [2.24, 2.45) is 0 Å². The summed E-state index contributed by atoms with van der Waals surface area (Å²) in [5.74, 6) is -0.384. The van der Waals surface area contributed by atoms with Crippen molar-refractivity contribution in [1.29, 1.82) is 0 Å². The van der Waals surface area contributed by atoms with E-state index in [4.69, 9.17) is 9.72 Å². The van der Waals surface area contributed by atoms with Gasteiger partial charge in [0.25, 0.3) is 0 Å². The average Bonchev–Trinajstić information content (AvgIpc) is 3.44. The van der Waals surface area contributed by atoms with Gasteiger partial charge in [0, 0.05) is 23.1 Å². The quantitative estimate of drug-likeness (QED) is 0.172. The van der Waals surface area contributed by atoms with Gasteiger partial charge in [0.2, 0.25) is 16.8 Å². The van der Waals surface area contributed by atoms with Gasteiger partial charge in [0.1, 0.15) is 16.7 Å². The Labute approximate surface area is 251 Å². The molecule has 11 heteroatoms. The number of nitrogens with one attached hydrogen (secondary N) is 3. The Balaban J connectivity index is 1.61. The van der Waals surface area contributed by atoms with Crippen LogP contribution in [0.2, 0.25) is 0 Å². The molecule has 0 aliphatic heterocycles. The number of aromatic nitrogens is 1. The van der Waals surface area contributed by atoms with Crippen molar-refractivity contribution < 1.29 is 22.7 Å². The summed E-state index contributed by atoms with van der Waals surface area (Å²) in [4.78, 5) is 31.3. The van der Waals surface area contributed by atoms with E-state index in [1.807, 2.05) is 66.0 Å². The summed E-state index contributed by atoms with van der Waals surface area (Å²) >= 11 is 1.48. The molecule has 0 aliphatic carbocycles. The lowest BCUT2D eigenvalue weighted by atomic mass is 10.0. The van der Waals surface area contributed by atoms with Gasteiger partial charge in [0.05, 0.1) is 11.7 Å². The fourth-order valence-corrected chi connectivity index (χ4v) is 5.47. The van der Waals surface area contributed by atoms with Crippen LogP contribution in [0.25, 0.3) is 10.6 Å². The molecule has 4 rings (SSSR count). The maximum Gasteiger partial charge on any atom is 0.408 e. The number of thiol groups is 1. The molecule has 2 atom stereocenters. The molecule has 1 heterocycles. The molecule has 0 bridgehead atoms. The first kappa shape index (κ1) is 30.7. The Morgan fingerprint density at radius 1 is 0.857 bits per heavy atom.